The molecule has 0 saturated carbocycles. The number of ether oxygens (including phenoxy) is 1. The molecule has 4 aromatic carbocycles. The minimum absolute atomic E-state index is 0. The van der Waals surface area contributed by atoms with Crippen molar-refractivity contribution in [1.29, 1.82) is 0 Å². The van der Waals surface area contributed by atoms with Crippen molar-refractivity contribution >= 4 is 43.9 Å². The fourth-order valence-electron chi connectivity index (χ4n) is 3.69. The second-order valence-corrected chi connectivity index (χ2v) is 12.6. The summed E-state index contributed by atoms with van der Waals surface area (Å²) in [6, 6.07) is 23.8. The van der Waals surface area contributed by atoms with E-state index in [2.05, 4.69) is 85.7 Å². The van der Waals surface area contributed by atoms with E-state index in [1.54, 1.807) is 37.4 Å². The zero-order valence-corrected chi connectivity index (χ0v) is 39.0. The average molecular weight is 801 g/mol. The zero-order valence-electron chi connectivity index (χ0n) is 32.7. The number of carbonyl (C=O) groups is 1. The Balaban J connectivity index is -0.000000332. The topological polar surface area (TPSA) is 152 Å². The predicted molar refractivity (Wildman–Crippen MR) is 202 cm³/mol. The summed E-state index contributed by atoms with van der Waals surface area (Å²) in [4.78, 5) is 33.7. The van der Waals surface area contributed by atoms with E-state index >= 15 is 0 Å². The first-order valence-corrected chi connectivity index (χ1v) is 15.4. The van der Waals surface area contributed by atoms with E-state index in [9.17, 15) is 15.2 Å². The number of phenolic OH excluding ortho intramolecular Hbond substituents is 1. The molecule has 0 saturated heterocycles. The molecule has 0 heterocycles. The van der Waals surface area contributed by atoms with Crippen LogP contribution in [0.4, 0.5) is 28.4 Å². The third-order valence-corrected chi connectivity index (χ3v) is 6.29. The van der Waals surface area contributed by atoms with E-state index in [1.807, 2.05) is 30.3 Å². The summed E-state index contributed by atoms with van der Waals surface area (Å²) in [6.45, 7) is 40.1. The summed E-state index contributed by atoms with van der Waals surface area (Å²) in [5.74, 6) is 1.64. The Kier molecular flexibility index (Phi) is 29.5. The Morgan fingerprint density at radius 1 is 0.741 bits per heavy atom. The van der Waals surface area contributed by atoms with Gasteiger partial charge in [-0.1, -0.05) is 77.9 Å². The monoisotopic (exact) mass is 800 g/mol. The van der Waals surface area contributed by atoms with Crippen LogP contribution in [0.5, 0.6) is 17.2 Å². The van der Waals surface area contributed by atoms with Crippen LogP contribution in [0.15, 0.2) is 89.7 Å². The van der Waals surface area contributed by atoms with Crippen LogP contribution in [-0.2, 0) is 20.5 Å². The van der Waals surface area contributed by atoms with Gasteiger partial charge in [0.2, 0.25) is 5.69 Å². The second kappa shape index (κ2) is 29.0. The number of benzene rings is 4. The van der Waals surface area contributed by atoms with Gasteiger partial charge in [0.05, 0.1) is 31.2 Å². The van der Waals surface area contributed by atoms with Gasteiger partial charge in [-0.2, -0.15) is 0 Å². The van der Waals surface area contributed by atoms with Crippen LogP contribution in [0.1, 0.15) is 54.1 Å². The normalized spacial score (nSPS) is 9.11. The van der Waals surface area contributed by atoms with Gasteiger partial charge in [0.15, 0.2) is 17.1 Å². The maximum atomic E-state index is 10.3. The smallest absolute Gasteiger partial charge is 1.00 e. The Bertz CT molecular complexity index is 2000. The third-order valence-electron chi connectivity index (χ3n) is 6.29. The number of non-ortho nitro benzene ring substituents is 1. The molecule has 0 aliphatic heterocycles. The van der Waals surface area contributed by atoms with Gasteiger partial charge in [-0.05, 0) is 67.4 Å². The number of aromatic hydroxyl groups is 1. The summed E-state index contributed by atoms with van der Waals surface area (Å²) in [5.41, 5.74) is 3.17. The Hall–Kier alpha value is -3.36. The number of phenols is 1. The van der Waals surface area contributed by atoms with Crippen molar-refractivity contribution in [3.8, 4) is 17.2 Å². The number of nitro groups is 1. The van der Waals surface area contributed by atoms with Gasteiger partial charge in [-0.25, -0.2) is 9.69 Å². The zero-order chi connectivity index (χ0) is 39.9. The first kappa shape index (κ1) is 55.0. The van der Waals surface area contributed by atoms with Crippen LogP contribution in [0.25, 0.3) is 19.4 Å². The van der Waals surface area contributed by atoms with Crippen molar-refractivity contribution in [3.63, 3.8) is 0 Å². The molecular formula is C38H39K2N6O7P. The molecule has 270 valence electrons. The number of nitro benzene ring substituents is 1. The van der Waals surface area contributed by atoms with E-state index in [-0.39, 0.29) is 139 Å². The molecule has 0 aliphatic carbocycles. The van der Waals surface area contributed by atoms with Gasteiger partial charge in [0, 0.05) is 19.2 Å². The van der Waals surface area contributed by atoms with Crippen molar-refractivity contribution in [3.05, 3.63) is 152 Å². The van der Waals surface area contributed by atoms with Gasteiger partial charge < -0.3 is 21.4 Å². The second-order valence-electron chi connectivity index (χ2n) is 12.1. The summed E-state index contributed by atoms with van der Waals surface area (Å²) in [7, 11) is 4.47. The first-order chi connectivity index (χ1) is 24.4. The van der Waals surface area contributed by atoms with Crippen LogP contribution in [0.3, 0.4) is 0 Å². The number of carbonyl (C=O) groups excluding carboxylic acids is 1. The Morgan fingerprint density at radius 2 is 1.15 bits per heavy atom. The maximum Gasteiger partial charge on any atom is 1.00 e. The molecule has 4 aromatic rings. The molecule has 0 fully saturated rings. The number of hydrogen-bond acceptors (Lipinski definition) is 8. The molecule has 0 atom stereocenters. The molecule has 0 spiro atoms. The van der Waals surface area contributed by atoms with Gasteiger partial charge >= 0.3 is 103 Å². The fraction of sp³-hybridized carbons (Fsp3) is 0.237. The largest absolute Gasteiger partial charge is 1.00 e. The molecule has 13 nitrogen and oxygen atoms in total. The fourth-order valence-corrected chi connectivity index (χ4v) is 3.69. The van der Waals surface area contributed by atoms with E-state index in [1.165, 1.54) is 17.7 Å². The van der Waals surface area contributed by atoms with Crippen LogP contribution in [0.2, 0.25) is 0 Å². The van der Waals surface area contributed by atoms with Gasteiger partial charge in [0.1, 0.15) is 17.2 Å². The van der Waals surface area contributed by atoms with Crippen LogP contribution < -0.4 is 113 Å². The Labute approximate surface area is 405 Å². The summed E-state index contributed by atoms with van der Waals surface area (Å²) in [6.07, 6.45) is 0. The molecule has 0 aromatic heterocycles. The average Bonchev–Trinajstić information content (AvgIpc) is 3.11. The molecule has 54 heavy (non-hydrogen) atoms. The van der Waals surface area contributed by atoms with Crippen molar-refractivity contribution < 1.29 is 134 Å². The minimum atomic E-state index is -0.595. The molecule has 0 unspecified atom stereocenters. The van der Waals surface area contributed by atoms with E-state index in [0.717, 1.165) is 17.4 Å². The Morgan fingerprint density at radius 3 is 1.54 bits per heavy atom. The molecular weight excluding hydrogens is 762 g/mol. The van der Waals surface area contributed by atoms with E-state index in [0.29, 0.717) is 22.9 Å². The molecule has 4 rings (SSSR count). The molecule has 1 N–H and O–H groups in total. The molecule has 0 bridgehead atoms. The van der Waals surface area contributed by atoms with Crippen LogP contribution in [-0.4, -0.2) is 23.5 Å². The SMILES string of the molecule is CC(C)(C)c1cccc(O)c1.CN=P.O=CO[O-].[C-]#[N+]c1ccc(Oc2cccc(C(C)(C)C)c2)cc1[N+]#[C-].[C-]#[N+]c1ccc([N+](=O)[O-])cc1[N+]#[C-].[H-].[K+].[K+]. The van der Waals surface area contributed by atoms with Gasteiger partial charge in [-0.15, -0.1) is 0 Å². The van der Waals surface area contributed by atoms with Gasteiger partial charge in [-0.3, -0.25) is 29.3 Å². The van der Waals surface area contributed by atoms with Crippen LogP contribution in [0, 0.1) is 36.4 Å². The van der Waals surface area contributed by atoms with Crippen LogP contribution >= 0.6 is 9.03 Å². The first-order valence-electron chi connectivity index (χ1n) is 14.9. The number of nitrogens with zero attached hydrogens (tertiary/aromatic N) is 6. The molecule has 0 amide bonds. The summed E-state index contributed by atoms with van der Waals surface area (Å²) in [5, 5.41) is 27.9. The number of hydrogen-bond donors (Lipinski definition) is 1. The molecule has 16 heteroatoms. The molecule has 0 aliphatic rings. The predicted octanol–water partition coefficient (Wildman–Crippen LogP) is 4.76. The van der Waals surface area contributed by atoms with Crippen molar-refractivity contribution in [2.24, 2.45) is 4.74 Å². The quantitative estimate of drug-likeness (QED) is 0.0595. The van der Waals surface area contributed by atoms with Crippen molar-refractivity contribution in [2.75, 3.05) is 7.05 Å². The standard InChI is InChI=1S/C18H16N2O.C10H14O.C8H3N3O2.CH4NP.CH2O3.2K.H/c1-18(2,3)13-7-6-8-14(11-13)21-15-9-10-16(19-4)17(12-15)20-5;1-10(2,3)8-5-4-6-9(11)7-8;1-9-7-4-3-6(11(12)13)5-8(7)10-2;1-2-3;2-1-4-3;;;/h6-12H,1-3H3;4-7,11H,1-3H3;3-5H;3H,1H3;1,3H;;;/q;;;;;2*+1;-1/p-1. The molecule has 0 radical (unpaired) electrons. The van der Waals surface area contributed by atoms with Crippen molar-refractivity contribution in [2.45, 2.75) is 52.4 Å². The number of rotatable bonds is 4. The van der Waals surface area contributed by atoms with Crippen molar-refractivity contribution in [1.82, 2.24) is 0 Å². The van der Waals surface area contributed by atoms with Gasteiger partial charge in [0.25, 0.3) is 12.2 Å². The van der Waals surface area contributed by atoms with E-state index < -0.39 is 4.92 Å². The summed E-state index contributed by atoms with van der Waals surface area (Å²) < 4.78 is 9.12. The van der Waals surface area contributed by atoms with E-state index in [4.69, 9.17) is 41.1 Å². The minimum Gasteiger partial charge on any atom is -1.00 e. The third kappa shape index (κ3) is 21.5. The summed E-state index contributed by atoms with van der Waals surface area (Å²) >= 11 is 0. The maximum absolute atomic E-state index is 10.3.